The molecule has 1 aromatic carbocycles. The van der Waals surface area contributed by atoms with E-state index >= 15 is 0 Å². The van der Waals surface area contributed by atoms with Crippen LogP contribution in [0.1, 0.15) is 38.4 Å². The Labute approximate surface area is 167 Å². The predicted molar refractivity (Wildman–Crippen MR) is 109 cm³/mol. The van der Waals surface area contributed by atoms with Crippen LogP contribution in [0.25, 0.3) is 11.0 Å². The lowest BCUT2D eigenvalue weighted by Crippen LogP contribution is -2.39. The van der Waals surface area contributed by atoms with Gasteiger partial charge in [-0.1, -0.05) is 0 Å². The molecule has 0 saturated carbocycles. The van der Waals surface area contributed by atoms with E-state index in [9.17, 15) is 14.4 Å². The first-order valence-corrected chi connectivity index (χ1v) is 9.66. The molecule has 29 heavy (non-hydrogen) atoms. The van der Waals surface area contributed by atoms with Gasteiger partial charge in [0.25, 0.3) is 17.4 Å². The van der Waals surface area contributed by atoms with Gasteiger partial charge in [-0.05, 0) is 50.1 Å². The van der Waals surface area contributed by atoms with Crippen molar-refractivity contribution in [2.45, 2.75) is 20.3 Å². The monoisotopic (exact) mass is 393 g/mol. The molecule has 1 saturated heterocycles. The number of hydrogen-bond acceptors (Lipinski definition) is 4. The van der Waals surface area contributed by atoms with E-state index in [-0.39, 0.29) is 22.9 Å². The number of carbonyl (C=O) groups excluding carboxylic acids is 2. The summed E-state index contributed by atoms with van der Waals surface area (Å²) in [5.41, 5.74) is 3.43. The maximum Gasteiger partial charge on any atom is 0.261 e. The van der Waals surface area contributed by atoms with Crippen LogP contribution >= 0.6 is 0 Å². The van der Waals surface area contributed by atoms with Crippen LogP contribution in [0.15, 0.2) is 35.4 Å². The van der Waals surface area contributed by atoms with Crippen LogP contribution in [0.4, 0.5) is 0 Å². The number of amides is 2. The van der Waals surface area contributed by atoms with E-state index < -0.39 is 0 Å². The zero-order chi connectivity index (χ0) is 20.5. The van der Waals surface area contributed by atoms with Crippen LogP contribution in [0.3, 0.4) is 0 Å². The Kier molecular flexibility index (Phi) is 4.92. The lowest BCUT2D eigenvalue weighted by atomic mass is 10.1. The van der Waals surface area contributed by atoms with Gasteiger partial charge in [0.05, 0.1) is 17.4 Å². The Hall–Kier alpha value is -3.42. The minimum absolute atomic E-state index is 0.0693. The molecule has 0 aliphatic carbocycles. The summed E-state index contributed by atoms with van der Waals surface area (Å²) >= 11 is 0. The van der Waals surface area contributed by atoms with Gasteiger partial charge in [-0.3, -0.25) is 14.4 Å². The summed E-state index contributed by atoms with van der Waals surface area (Å²) in [4.78, 5) is 51.5. The fraction of sp³-hybridized carbons (Fsp3) is 0.333. The molecule has 0 atom stereocenters. The Morgan fingerprint density at radius 1 is 1.00 bits per heavy atom. The zero-order valence-electron chi connectivity index (χ0n) is 16.5. The van der Waals surface area contributed by atoms with Crippen molar-refractivity contribution >= 4 is 22.8 Å². The van der Waals surface area contributed by atoms with E-state index in [0.29, 0.717) is 43.7 Å². The van der Waals surface area contributed by atoms with Crippen LogP contribution < -0.4 is 5.56 Å². The van der Waals surface area contributed by atoms with E-state index in [1.54, 1.807) is 48.2 Å². The highest BCUT2D eigenvalue weighted by molar-refractivity contribution is 5.98. The fourth-order valence-corrected chi connectivity index (χ4v) is 3.85. The first-order chi connectivity index (χ1) is 13.9. The maximum absolute atomic E-state index is 13.0. The predicted octanol–water partition coefficient (Wildman–Crippen LogP) is 1.86. The molecule has 150 valence electrons. The lowest BCUT2D eigenvalue weighted by Gasteiger charge is -2.22. The molecule has 2 N–H and O–H groups in total. The van der Waals surface area contributed by atoms with E-state index in [4.69, 9.17) is 0 Å². The third kappa shape index (κ3) is 3.65. The van der Waals surface area contributed by atoms with Crippen molar-refractivity contribution in [3.63, 3.8) is 0 Å². The largest absolute Gasteiger partial charge is 0.345 e. The van der Waals surface area contributed by atoms with Crippen molar-refractivity contribution in [3.05, 3.63) is 63.3 Å². The summed E-state index contributed by atoms with van der Waals surface area (Å²) in [6, 6.07) is 7.19. The summed E-state index contributed by atoms with van der Waals surface area (Å²) in [6.45, 7) is 5.45. The van der Waals surface area contributed by atoms with Gasteiger partial charge in [0.1, 0.15) is 5.56 Å². The number of benzene rings is 1. The van der Waals surface area contributed by atoms with Gasteiger partial charge < -0.3 is 19.8 Å². The molecule has 1 aliphatic heterocycles. The molecule has 0 unspecified atom stereocenters. The van der Waals surface area contributed by atoms with Crippen LogP contribution in [0.5, 0.6) is 0 Å². The molecular weight excluding hydrogens is 370 g/mol. The molecular formula is C21H23N5O3. The quantitative estimate of drug-likeness (QED) is 0.694. The van der Waals surface area contributed by atoms with Crippen LogP contribution in [-0.2, 0) is 0 Å². The second-order valence-electron chi connectivity index (χ2n) is 7.41. The van der Waals surface area contributed by atoms with Gasteiger partial charge in [-0.15, -0.1) is 0 Å². The molecule has 1 fully saturated rings. The van der Waals surface area contributed by atoms with Gasteiger partial charge in [0, 0.05) is 37.4 Å². The SMILES string of the molecule is Cc1cc(C)c(C(=O)N2CCCN(C(=O)c3ccc4nc[nH]c4c3)CC2)c(=O)[nH]1. The summed E-state index contributed by atoms with van der Waals surface area (Å²) in [6.07, 6.45) is 2.26. The lowest BCUT2D eigenvalue weighted by molar-refractivity contribution is 0.0717. The Morgan fingerprint density at radius 2 is 1.72 bits per heavy atom. The van der Waals surface area contributed by atoms with Crippen molar-refractivity contribution in [1.82, 2.24) is 24.8 Å². The summed E-state index contributed by atoms with van der Waals surface area (Å²) in [5.74, 6) is -0.350. The number of rotatable bonds is 2. The highest BCUT2D eigenvalue weighted by Crippen LogP contribution is 2.16. The van der Waals surface area contributed by atoms with Crippen LogP contribution in [0, 0.1) is 13.8 Å². The fourth-order valence-electron chi connectivity index (χ4n) is 3.85. The zero-order valence-corrected chi connectivity index (χ0v) is 16.5. The topological polar surface area (TPSA) is 102 Å². The Balaban J connectivity index is 1.50. The van der Waals surface area contributed by atoms with Crippen molar-refractivity contribution in [3.8, 4) is 0 Å². The van der Waals surface area contributed by atoms with E-state index in [0.717, 1.165) is 16.7 Å². The van der Waals surface area contributed by atoms with Crippen molar-refractivity contribution in [2.24, 2.45) is 0 Å². The highest BCUT2D eigenvalue weighted by Gasteiger charge is 2.26. The van der Waals surface area contributed by atoms with Gasteiger partial charge >= 0.3 is 0 Å². The molecule has 0 spiro atoms. The first kappa shape index (κ1) is 18.9. The van der Waals surface area contributed by atoms with Crippen molar-refractivity contribution in [2.75, 3.05) is 26.2 Å². The van der Waals surface area contributed by atoms with Gasteiger partial charge in [0.15, 0.2) is 0 Å². The molecule has 2 aromatic heterocycles. The third-order valence-corrected chi connectivity index (χ3v) is 5.32. The van der Waals surface area contributed by atoms with Crippen LogP contribution in [0.2, 0.25) is 0 Å². The molecule has 3 heterocycles. The van der Waals surface area contributed by atoms with Gasteiger partial charge in [0.2, 0.25) is 0 Å². The molecule has 2 amide bonds. The molecule has 8 nitrogen and oxygen atoms in total. The maximum atomic E-state index is 13.0. The first-order valence-electron chi connectivity index (χ1n) is 9.66. The molecule has 8 heteroatoms. The van der Waals surface area contributed by atoms with Crippen molar-refractivity contribution in [1.29, 1.82) is 0 Å². The number of hydrogen-bond donors (Lipinski definition) is 2. The molecule has 3 aromatic rings. The molecule has 4 rings (SSSR count). The van der Waals surface area contributed by atoms with E-state index in [1.807, 2.05) is 6.07 Å². The number of aromatic nitrogens is 3. The Bertz CT molecular complexity index is 1150. The average Bonchev–Trinajstić information content (AvgIpc) is 3.01. The standard InChI is InChI=1S/C21H23N5O3/c1-13-10-14(2)24-19(27)18(13)21(29)26-7-3-6-25(8-9-26)20(28)15-4-5-16-17(11-15)23-12-22-16/h4-5,10-12H,3,6-9H2,1-2H3,(H,22,23)(H,24,27). The summed E-state index contributed by atoms with van der Waals surface area (Å²) in [5, 5.41) is 0. The van der Waals surface area contributed by atoms with E-state index in [2.05, 4.69) is 15.0 Å². The number of carbonyl (C=O) groups is 2. The number of aryl methyl sites for hydroxylation is 2. The smallest absolute Gasteiger partial charge is 0.261 e. The normalized spacial score (nSPS) is 14.8. The minimum Gasteiger partial charge on any atom is -0.345 e. The highest BCUT2D eigenvalue weighted by atomic mass is 16.2. The Morgan fingerprint density at radius 3 is 2.45 bits per heavy atom. The van der Waals surface area contributed by atoms with Crippen LogP contribution in [-0.4, -0.2) is 62.7 Å². The average molecular weight is 393 g/mol. The number of aromatic amines is 2. The van der Waals surface area contributed by atoms with Gasteiger partial charge in [-0.2, -0.15) is 0 Å². The second kappa shape index (κ2) is 7.54. The number of nitrogens with zero attached hydrogens (tertiary/aromatic N) is 3. The second-order valence-corrected chi connectivity index (χ2v) is 7.41. The number of nitrogens with one attached hydrogen (secondary N) is 2. The molecule has 1 aliphatic rings. The molecule has 0 bridgehead atoms. The summed E-state index contributed by atoms with van der Waals surface area (Å²) < 4.78 is 0. The number of pyridine rings is 1. The number of fused-ring (bicyclic) bond motifs is 1. The van der Waals surface area contributed by atoms with Gasteiger partial charge in [-0.25, -0.2) is 4.98 Å². The number of H-pyrrole nitrogens is 2. The summed E-state index contributed by atoms with van der Waals surface area (Å²) in [7, 11) is 0. The molecule has 0 radical (unpaired) electrons. The number of imidazole rings is 1. The van der Waals surface area contributed by atoms with Crippen molar-refractivity contribution < 1.29 is 9.59 Å². The third-order valence-electron chi connectivity index (χ3n) is 5.32. The van der Waals surface area contributed by atoms with E-state index in [1.165, 1.54) is 0 Å². The minimum atomic E-state index is -0.363.